The lowest BCUT2D eigenvalue weighted by Gasteiger charge is -2.20. The average Bonchev–Trinajstić information content (AvgIpc) is 3.19. The molecule has 1 aliphatic heterocycles. The predicted octanol–water partition coefficient (Wildman–Crippen LogP) is 1.73. The number of hydrogen-bond donors (Lipinski definition) is 4. The van der Waals surface area contributed by atoms with Gasteiger partial charge in [0.2, 0.25) is 17.5 Å². The molecule has 202 valence electrons. The predicted molar refractivity (Wildman–Crippen MR) is 127 cm³/mol. The highest BCUT2D eigenvalue weighted by molar-refractivity contribution is 6.38. The van der Waals surface area contributed by atoms with Crippen molar-refractivity contribution in [1.29, 1.82) is 0 Å². The van der Waals surface area contributed by atoms with Gasteiger partial charge in [0.15, 0.2) is 0 Å². The fourth-order valence-electron chi connectivity index (χ4n) is 3.79. The van der Waals surface area contributed by atoms with Crippen LogP contribution in [-0.4, -0.2) is 58.5 Å². The molecular weight excluding hydrogens is 533 g/mol. The van der Waals surface area contributed by atoms with Crippen LogP contribution in [0.2, 0.25) is 5.02 Å². The molecule has 0 aliphatic carbocycles. The molecule has 1 aliphatic rings. The topological polar surface area (TPSA) is 159 Å². The molecule has 38 heavy (non-hydrogen) atoms. The summed E-state index contributed by atoms with van der Waals surface area (Å²) in [5, 5.41) is 9.77. The van der Waals surface area contributed by atoms with Gasteiger partial charge in [-0.1, -0.05) is 11.6 Å². The number of rotatable bonds is 8. The number of benzene rings is 1. The molecule has 0 spiro atoms. The molecule has 4 N–H and O–H groups in total. The van der Waals surface area contributed by atoms with Gasteiger partial charge in [0.25, 0.3) is 17.7 Å². The molecule has 3 atom stereocenters. The number of ketones is 1. The van der Waals surface area contributed by atoms with Crippen molar-refractivity contribution < 1.29 is 37.1 Å². The summed E-state index contributed by atoms with van der Waals surface area (Å²) in [5.74, 6) is -6.19. The van der Waals surface area contributed by atoms with Gasteiger partial charge in [-0.2, -0.15) is 13.2 Å². The summed E-state index contributed by atoms with van der Waals surface area (Å²) >= 11 is 6.02. The Morgan fingerprint density at radius 3 is 2.37 bits per heavy atom. The van der Waals surface area contributed by atoms with Crippen LogP contribution in [0.5, 0.6) is 0 Å². The SMILES string of the molecule is CNC(=O)C(=O)[C@H](C[C@@H]1C[C@@H](C)NC1=O)NC(=O)c1cc(Cl)ccc1NC(=O)c1cnc(C(F)(F)F)nc1. The lowest BCUT2D eigenvalue weighted by molar-refractivity contribution is -0.145. The number of likely N-dealkylation sites (N-methyl/N-ethyl adjacent to an activating group) is 1. The van der Waals surface area contributed by atoms with Crippen LogP contribution < -0.4 is 21.3 Å². The number of amides is 4. The number of halogens is 4. The maximum atomic E-state index is 13.2. The molecule has 4 amide bonds. The smallest absolute Gasteiger partial charge is 0.353 e. The van der Waals surface area contributed by atoms with E-state index in [4.69, 9.17) is 11.6 Å². The quantitative estimate of drug-likeness (QED) is 0.362. The molecule has 0 radical (unpaired) electrons. The summed E-state index contributed by atoms with van der Waals surface area (Å²) in [6, 6.07) is 2.26. The van der Waals surface area contributed by atoms with Crippen molar-refractivity contribution in [3.05, 3.63) is 52.6 Å². The zero-order valence-corrected chi connectivity index (χ0v) is 20.7. The second-order valence-corrected chi connectivity index (χ2v) is 8.92. The molecule has 15 heteroatoms. The van der Waals surface area contributed by atoms with Gasteiger partial charge in [0.05, 0.1) is 22.9 Å². The first-order chi connectivity index (χ1) is 17.8. The summed E-state index contributed by atoms with van der Waals surface area (Å²) in [6.07, 6.45) is -3.21. The highest BCUT2D eigenvalue weighted by atomic mass is 35.5. The minimum Gasteiger partial charge on any atom is -0.353 e. The van der Waals surface area contributed by atoms with Gasteiger partial charge in [-0.15, -0.1) is 0 Å². The molecular formula is C23H22ClF3N6O5. The van der Waals surface area contributed by atoms with Crippen LogP contribution in [0.25, 0.3) is 0 Å². The van der Waals surface area contributed by atoms with Crippen LogP contribution in [0.1, 0.15) is 46.3 Å². The standard InChI is InChI=1S/C23H22ClF3N6O5/c1-10-5-11(18(35)31-10)6-16(17(34)21(38)28-2)33-20(37)14-7-13(24)3-4-15(14)32-19(36)12-8-29-22(30-9-12)23(25,26)27/h3-4,7-11,16H,5-6H2,1-2H3,(H,28,38)(H,31,35)(H,32,36)(H,33,37)/t10-,11+,16+/m1/s1. The van der Waals surface area contributed by atoms with Crippen molar-refractivity contribution in [2.75, 3.05) is 12.4 Å². The maximum Gasteiger partial charge on any atom is 0.451 e. The van der Waals surface area contributed by atoms with Crippen molar-refractivity contribution in [3.8, 4) is 0 Å². The Bertz CT molecular complexity index is 1270. The second kappa shape index (κ2) is 11.5. The fourth-order valence-corrected chi connectivity index (χ4v) is 3.96. The maximum absolute atomic E-state index is 13.2. The van der Waals surface area contributed by atoms with E-state index in [9.17, 15) is 37.1 Å². The van der Waals surface area contributed by atoms with Crippen molar-refractivity contribution in [2.24, 2.45) is 5.92 Å². The van der Waals surface area contributed by atoms with Crippen molar-refractivity contribution >= 4 is 46.7 Å². The Balaban J connectivity index is 1.84. The molecule has 0 saturated carbocycles. The highest BCUT2D eigenvalue weighted by Crippen LogP contribution is 2.26. The van der Waals surface area contributed by atoms with Crippen LogP contribution in [-0.2, 0) is 20.6 Å². The number of nitrogens with one attached hydrogen (secondary N) is 4. The Morgan fingerprint density at radius 2 is 1.82 bits per heavy atom. The third kappa shape index (κ3) is 6.82. The minimum atomic E-state index is -4.80. The number of carbonyl (C=O) groups is 5. The second-order valence-electron chi connectivity index (χ2n) is 8.48. The van der Waals surface area contributed by atoms with Gasteiger partial charge in [-0.25, -0.2) is 9.97 Å². The molecule has 2 heterocycles. The van der Waals surface area contributed by atoms with Gasteiger partial charge in [-0.3, -0.25) is 24.0 Å². The molecule has 2 aromatic rings. The molecule has 1 saturated heterocycles. The first-order valence-electron chi connectivity index (χ1n) is 11.2. The monoisotopic (exact) mass is 554 g/mol. The Labute approximate surface area is 218 Å². The summed E-state index contributed by atoms with van der Waals surface area (Å²) in [4.78, 5) is 68.9. The zero-order valence-electron chi connectivity index (χ0n) is 20.0. The average molecular weight is 555 g/mol. The van der Waals surface area contributed by atoms with E-state index in [-0.39, 0.29) is 40.2 Å². The molecule has 11 nitrogen and oxygen atoms in total. The van der Waals surface area contributed by atoms with E-state index in [0.717, 1.165) is 0 Å². The van der Waals surface area contributed by atoms with Crippen LogP contribution >= 0.6 is 11.6 Å². The van der Waals surface area contributed by atoms with Crippen LogP contribution in [0, 0.1) is 5.92 Å². The molecule has 0 unspecified atom stereocenters. The van der Waals surface area contributed by atoms with E-state index in [0.29, 0.717) is 18.8 Å². The third-order valence-corrected chi connectivity index (χ3v) is 5.87. The van der Waals surface area contributed by atoms with Crippen molar-refractivity contribution in [3.63, 3.8) is 0 Å². The van der Waals surface area contributed by atoms with E-state index < -0.39 is 47.5 Å². The lowest BCUT2D eigenvalue weighted by atomic mass is 9.93. The van der Waals surface area contributed by atoms with Gasteiger partial charge < -0.3 is 21.3 Å². The summed E-state index contributed by atoms with van der Waals surface area (Å²) in [5.41, 5.74) is -0.638. The summed E-state index contributed by atoms with van der Waals surface area (Å²) < 4.78 is 38.1. The summed E-state index contributed by atoms with van der Waals surface area (Å²) in [6.45, 7) is 1.77. The Hall–Kier alpha value is -4.07. The summed E-state index contributed by atoms with van der Waals surface area (Å²) in [7, 11) is 1.24. The first-order valence-corrected chi connectivity index (χ1v) is 11.5. The first kappa shape index (κ1) is 28.5. The molecule has 0 bridgehead atoms. The Morgan fingerprint density at radius 1 is 1.16 bits per heavy atom. The fraction of sp³-hybridized carbons (Fsp3) is 0.348. The van der Waals surface area contributed by atoms with Gasteiger partial charge in [0.1, 0.15) is 0 Å². The van der Waals surface area contributed by atoms with E-state index in [2.05, 4.69) is 31.2 Å². The number of carbonyl (C=O) groups excluding carboxylic acids is 5. The third-order valence-electron chi connectivity index (χ3n) is 5.63. The van der Waals surface area contributed by atoms with Crippen molar-refractivity contribution in [1.82, 2.24) is 25.9 Å². The van der Waals surface area contributed by atoms with Crippen molar-refractivity contribution in [2.45, 2.75) is 38.0 Å². The number of alkyl halides is 3. The van der Waals surface area contributed by atoms with Gasteiger partial charge in [-0.05, 0) is 38.0 Å². The normalized spacial score (nSPS) is 17.8. The van der Waals surface area contributed by atoms with E-state index >= 15 is 0 Å². The molecule has 1 aromatic carbocycles. The van der Waals surface area contributed by atoms with Crippen LogP contribution in [0.15, 0.2) is 30.6 Å². The van der Waals surface area contributed by atoms with E-state index in [1.165, 1.54) is 25.2 Å². The number of hydrogen-bond acceptors (Lipinski definition) is 7. The minimum absolute atomic E-state index is 0.0872. The highest BCUT2D eigenvalue weighted by Gasteiger charge is 2.37. The number of Topliss-reactive ketones (excluding diaryl/α,β-unsaturated/α-hetero) is 1. The largest absolute Gasteiger partial charge is 0.451 e. The molecule has 1 fully saturated rings. The lowest BCUT2D eigenvalue weighted by Crippen LogP contribution is -2.48. The Kier molecular flexibility index (Phi) is 8.66. The number of nitrogens with zero attached hydrogens (tertiary/aromatic N) is 2. The molecule has 1 aromatic heterocycles. The van der Waals surface area contributed by atoms with Gasteiger partial charge >= 0.3 is 6.18 Å². The number of anilines is 1. The van der Waals surface area contributed by atoms with Gasteiger partial charge in [0, 0.05) is 36.4 Å². The zero-order chi connectivity index (χ0) is 28.2. The van der Waals surface area contributed by atoms with Crippen LogP contribution in [0.4, 0.5) is 18.9 Å². The van der Waals surface area contributed by atoms with Crippen LogP contribution in [0.3, 0.4) is 0 Å². The molecule has 3 rings (SSSR count). The van der Waals surface area contributed by atoms with E-state index in [1.54, 1.807) is 6.92 Å². The van der Waals surface area contributed by atoms with E-state index in [1.807, 2.05) is 0 Å². The number of aromatic nitrogens is 2.